The molecule has 0 radical (unpaired) electrons. The minimum Gasteiger partial charge on any atom is -0.456 e. The van der Waals surface area contributed by atoms with Crippen LogP contribution in [0.15, 0.2) is 209 Å². The minimum atomic E-state index is -0.141. The molecule has 0 saturated carbocycles. The highest BCUT2D eigenvalue weighted by molar-refractivity contribution is 6.23. The topological polar surface area (TPSA) is 29.5 Å². The number of para-hydroxylation sites is 1. The van der Waals surface area contributed by atoms with Gasteiger partial charge in [-0.15, -0.1) is 0 Å². The van der Waals surface area contributed by atoms with E-state index >= 15 is 0 Å². The van der Waals surface area contributed by atoms with Gasteiger partial charge < -0.3 is 13.7 Å². The molecule has 2 aromatic heterocycles. The maximum atomic E-state index is 7.15. The third kappa shape index (κ3) is 5.29. The molecule has 284 valence electrons. The fraction of sp³-hybridized carbons (Fsp3) is 0.0526. The lowest BCUT2D eigenvalue weighted by atomic mass is 9.81. The van der Waals surface area contributed by atoms with Crippen LogP contribution in [0.2, 0.25) is 0 Å². The fourth-order valence-electron chi connectivity index (χ4n) is 9.69. The van der Waals surface area contributed by atoms with E-state index in [1.165, 1.54) is 44.5 Å². The number of rotatable bonds is 6. The van der Waals surface area contributed by atoms with Crippen molar-refractivity contribution in [2.24, 2.45) is 0 Å². The van der Waals surface area contributed by atoms with Crippen molar-refractivity contribution in [2.75, 3.05) is 4.90 Å². The number of hydrogen-bond donors (Lipinski definition) is 0. The lowest BCUT2D eigenvalue weighted by molar-refractivity contribution is 0.660. The molecule has 0 atom stereocenters. The molecule has 1 aliphatic carbocycles. The number of hydrogen-bond acceptors (Lipinski definition) is 3. The highest BCUT2D eigenvalue weighted by Crippen LogP contribution is 2.52. The Labute approximate surface area is 348 Å². The Morgan fingerprint density at radius 2 is 0.933 bits per heavy atom. The van der Waals surface area contributed by atoms with Crippen LogP contribution in [-0.4, -0.2) is 0 Å². The summed E-state index contributed by atoms with van der Waals surface area (Å²) in [5.74, 6) is 0. The third-order valence-corrected chi connectivity index (χ3v) is 12.7. The number of furan rings is 2. The van der Waals surface area contributed by atoms with Gasteiger partial charge in [0.05, 0.1) is 0 Å². The second kappa shape index (κ2) is 13.2. The van der Waals surface area contributed by atoms with Crippen molar-refractivity contribution in [1.82, 2.24) is 0 Å². The van der Waals surface area contributed by atoms with Gasteiger partial charge in [-0.2, -0.15) is 0 Å². The van der Waals surface area contributed by atoms with E-state index < -0.39 is 0 Å². The van der Waals surface area contributed by atoms with Crippen molar-refractivity contribution >= 4 is 60.9 Å². The SMILES string of the molecule is CC1(C)c2ccccc2-c2ccc(-c3c4oc5cc(N(c6ccc(-c7ccccc7)cc6)c6ccc(-c7ccccc7)cc6)ccc5c4cc4oc5ccccc5c34)cc21. The zero-order chi connectivity index (χ0) is 40.0. The molecule has 0 spiro atoms. The molecule has 0 saturated heterocycles. The first kappa shape index (κ1) is 34.4. The minimum absolute atomic E-state index is 0.141. The Hall–Kier alpha value is -7.62. The predicted octanol–water partition coefficient (Wildman–Crippen LogP) is 16.3. The molecular weight excluding hydrogens is 731 g/mol. The van der Waals surface area contributed by atoms with Gasteiger partial charge >= 0.3 is 0 Å². The van der Waals surface area contributed by atoms with Crippen molar-refractivity contribution < 1.29 is 8.83 Å². The summed E-state index contributed by atoms with van der Waals surface area (Å²) >= 11 is 0. The van der Waals surface area contributed by atoms with Gasteiger partial charge in [0.2, 0.25) is 0 Å². The van der Waals surface area contributed by atoms with Crippen molar-refractivity contribution in [3.8, 4) is 44.5 Å². The first-order valence-electron chi connectivity index (χ1n) is 20.7. The van der Waals surface area contributed by atoms with Gasteiger partial charge in [0.1, 0.15) is 22.3 Å². The van der Waals surface area contributed by atoms with E-state index in [-0.39, 0.29) is 5.41 Å². The van der Waals surface area contributed by atoms with Crippen LogP contribution in [-0.2, 0) is 5.41 Å². The van der Waals surface area contributed by atoms with Crippen LogP contribution in [0.3, 0.4) is 0 Å². The summed E-state index contributed by atoms with van der Waals surface area (Å²) in [6.45, 7) is 4.67. The van der Waals surface area contributed by atoms with Crippen LogP contribution in [0.5, 0.6) is 0 Å². The molecule has 0 unspecified atom stereocenters. The number of anilines is 3. The van der Waals surface area contributed by atoms with Crippen LogP contribution in [0, 0.1) is 0 Å². The molecule has 3 heteroatoms. The quantitative estimate of drug-likeness (QED) is 0.169. The molecule has 2 heterocycles. The van der Waals surface area contributed by atoms with Gasteiger partial charge in [0.15, 0.2) is 0 Å². The molecule has 0 amide bonds. The first-order chi connectivity index (χ1) is 29.5. The van der Waals surface area contributed by atoms with Crippen LogP contribution >= 0.6 is 0 Å². The van der Waals surface area contributed by atoms with E-state index in [1.807, 2.05) is 6.07 Å². The Morgan fingerprint density at radius 1 is 0.367 bits per heavy atom. The Bertz CT molecular complexity index is 3340. The molecule has 0 N–H and O–H groups in total. The standard InChI is InChI=1S/C57H39NO2/c1-57(2)49-19-11-9-17-44(49)45-31-25-40(33-50(45)57)54-55-47-18-10-12-20-51(47)59-53(55)35-48-46-32-30-43(34-52(46)60-56(48)54)58(41-26-21-38(22-27-41)36-13-5-3-6-14-36)42-28-23-39(24-29-42)37-15-7-4-8-16-37/h3-35H,1-2H3. The van der Waals surface area contributed by atoms with Crippen LogP contribution < -0.4 is 4.90 Å². The Kier molecular flexibility index (Phi) is 7.58. The predicted molar refractivity (Wildman–Crippen MR) is 250 cm³/mol. The Morgan fingerprint density at radius 3 is 1.63 bits per heavy atom. The Balaban J connectivity index is 1.05. The van der Waals surface area contributed by atoms with Crippen molar-refractivity contribution in [2.45, 2.75) is 19.3 Å². The fourth-order valence-corrected chi connectivity index (χ4v) is 9.69. The van der Waals surface area contributed by atoms with E-state index in [0.29, 0.717) is 0 Å². The average Bonchev–Trinajstić information content (AvgIpc) is 3.93. The lowest BCUT2D eigenvalue weighted by Crippen LogP contribution is -2.14. The van der Waals surface area contributed by atoms with Gasteiger partial charge in [0.25, 0.3) is 0 Å². The molecule has 0 fully saturated rings. The van der Waals surface area contributed by atoms with E-state index in [0.717, 1.165) is 72.1 Å². The maximum Gasteiger partial charge on any atom is 0.144 e. The van der Waals surface area contributed by atoms with Crippen molar-refractivity contribution in [3.05, 3.63) is 211 Å². The van der Waals surface area contributed by atoms with Gasteiger partial charge in [-0.05, 0) is 105 Å². The second-order valence-corrected chi connectivity index (χ2v) is 16.5. The van der Waals surface area contributed by atoms with Gasteiger partial charge in [-0.25, -0.2) is 0 Å². The van der Waals surface area contributed by atoms with Gasteiger partial charge in [-0.1, -0.05) is 153 Å². The molecule has 12 rings (SSSR count). The summed E-state index contributed by atoms with van der Waals surface area (Å²) in [6.07, 6.45) is 0. The van der Waals surface area contributed by atoms with E-state index in [2.05, 4.69) is 213 Å². The van der Waals surface area contributed by atoms with Gasteiger partial charge in [-0.3, -0.25) is 0 Å². The highest BCUT2D eigenvalue weighted by Gasteiger charge is 2.36. The summed E-state index contributed by atoms with van der Waals surface area (Å²) in [5, 5.41) is 4.24. The third-order valence-electron chi connectivity index (χ3n) is 12.7. The van der Waals surface area contributed by atoms with E-state index in [9.17, 15) is 0 Å². The molecular formula is C57H39NO2. The smallest absolute Gasteiger partial charge is 0.144 e. The van der Waals surface area contributed by atoms with Gasteiger partial charge in [0, 0.05) is 55.7 Å². The number of nitrogens with zero attached hydrogens (tertiary/aromatic N) is 1. The lowest BCUT2D eigenvalue weighted by Gasteiger charge is -2.26. The summed E-state index contributed by atoms with van der Waals surface area (Å²) in [6, 6.07) is 71.6. The first-order valence-corrected chi connectivity index (χ1v) is 20.7. The highest BCUT2D eigenvalue weighted by atomic mass is 16.3. The monoisotopic (exact) mass is 769 g/mol. The molecule has 11 aromatic rings. The van der Waals surface area contributed by atoms with Crippen molar-refractivity contribution in [1.29, 1.82) is 0 Å². The number of fused-ring (bicyclic) bond motifs is 9. The van der Waals surface area contributed by atoms with Crippen LogP contribution in [0.25, 0.3) is 88.4 Å². The second-order valence-electron chi connectivity index (χ2n) is 16.5. The normalized spacial score (nSPS) is 13.0. The largest absolute Gasteiger partial charge is 0.456 e. The molecule has 0 bridgehead atoms. The molecule has 60 heavy (non-hydrogen) atoms. The molecule has 1 aliphatic rings. The van der Waals surface area contributed by atoms with E-state index in [1.54, 1.807) is 0 Å². The van der Waals surface area contributed by atoms with Crippen LogP contribution in [0.4, 0.5) is 17.1 Å². The molecule has 3 nitrogen and oxygen atoms in total. The molecule has 9 aromatic carbocycles. The number of benzene rings is 9. The summed E-state index contributed by atoms with van der Waals surface area (Å²) in [7, 11) is 0. The van der Waals surface area contributed by atoms with Crippen molar-refractivity contribution in [3.63, 3.8) is 0 Å². The van der Waals surface area contributed by atoms with Crippen LogP contribution in [0.1, 0.15) is 25.0 Å². The summed E-state index contributed by atoms with van der Waals surface area (Å²) < 4.78 is 13.8. The summed E-state index contributed by atoms with van der Waals surface area (Å²) in [4.78, 5) is 2.32. The summed E-state index contributed by atoms with van der Waals surface area (Å²) in [5.41, 5.74) is 18.6. The molecule has 0 aliphatic heterocycles. The maximum absolute atomic E-state index is 7.15. The zero-order valence-corrected chi connectivity index (χ0v) is 33.3. The van der Waals surface area contributed by atoms with E-state index in [4.69, 9.17) is 8.83 Å². The zero-order valence-electron chi connectivity index (χ0n) is 33.3. The average molecular weight is 770 g/mol.